The van der Waals surface area contributed by atoms with Crippen LogP contribution in [0, 0.1) is 16.7 Å². The van der Waals surface area contributed by atoms with Gasteiger partial charge in [0.25, 0.3) is 0 Å². The van der Waals surface area contributed by atoms with E-state index >= 15 is 0 Å². The van der Waals surface area contributed by atoms with E-state index in [1.807, 2.05) is 0 Å². The Hall–Kier alpha value is 0. The Morgan fingerprint density at radius 2 is 1.85 bits per heavy atom. The van der Waals surface area contributed by atoms with Crippen LogP contribution in [0.4, 0.5) is 0 Å². The molecule has 0 saturated heterocycles. The SMILES string of the molecule is CCC1(C)CC(C)CCCC1(C)C. The lowest BCUT2D eigenvalue weighted by molar-refractivity contribution is 0.0643. The van der Waals surface area contributed by atoms with E-state index in [9.17, 15) is 0 Å². The Morgan fingerprint density at radius 3 is 2.38 bits per heavy atom. The van der Waals surface area contributed by atoms with Crippen LogP contribution < -0.4 is 0 Å². The van der Waals surface area contributed by atoms with Gasteiger partial charge in [0.1, 0.15) is 0 Å². The minimum absolute atomic E-state index is 0.548. The zero-order valence-corrected chi connectivity index (χ0v) is 10.1. The molecule has 2 atom stereocenters. The molecule has 0 N–H and O–H groups in total. The summed E-state index contributed by atoms with van der Waals surface area (Å²) in [4.78, 5) is 0. The lowest BCUT2D eigenvalue weighted by Gasteiger charge is -2.44. The molecule has 0 radical (unpaired) electrons. The van der Waals surface area contributed by atoms with Crippen molar-refractivity contribution in [1.29, 1.82) is 0 Å². The van der Waals surface area contributed by atoms with Gasteiger partial charge in [-0.25, -0.2) is 0 Å². The number of hydrogen-bond acceptors (Lipinski definition) is 0. The largest absolute Gasteiger partial charge is 0.0648 e. The molecule has 0 aromatic carbocycles. The van der Waals surface area contributed by atoms with Crippen LogP contribution in [0.3, 0.4) is 0 Å². The molecule has 0 bridgehead atoms. The normalized spacial score (nSPS) is 39.9. The molecule has 0 aromatic heterocycles. The van der Waals surface area contributed by atoms with Gasteiger partial charge in [0.05, 0.1) is 0 Å². The molecular formula is C13H26. The Balaban J connectivity index is 2.84. The molecule has 0 nitrogen and oxygen atoms in total. The number of hydrogen-bond donors (Lipinski definition) is 0. The fourth-order valence-electron chi connectivity index (χ4n) is 2.96. The summed E-state index contributed by atoms with van der Waals surface area (Å²) >= 11 is 0. The molecule has 0 aliphatic heterocycles. The van der Waals surface area contributed by atoms with Gasteiger partial charge >= 0.3 is 0 Å². The van der Waals surface area contributed by atoms with E-state index < -0.39 is 0 Å². The van der Waals surface area contributed by atoms with E-state index in [0.717, 1.165) is 5.92 Å². The molecule has 0 amide bonds. The molecule has 78 valence electrons. The van der Waals surface area contributed by atoms with Crippen molar-refractivity contribution in [1.82, 2.24) is 0 Å². The maximum atomic E-state index is 2.49. The average Bonchev–Trinajstić information content (AvgIpc) is 2.11. The summed E-state index contributed by atoms with van der Waals surface area (Å²) in [5, 5.41) is 0. The minimum atomic E-state index is 0.548. The zero-order valence-electron chi connectivity index (χ0n) is 10.1. The molecule has 0 heterocycles. The van der Waals surface area contributed by atoms with Gasteiger partial charge < -0.3 is 0 Å². The Labute approximate surface area is 84.1 Å². The molecular weight excluding hydrogens is 156 g/mol. The first-order valence-corrected chi connectivity index (χ1v) is 5.91. The lowest BCUT2D eigenvalue weighted by Crippen LogP contribution is -2.34. The van der Waals surface area contributed by atoms with Crippen molar-refractivity contribution < 1.29 is 0 Å². The van der Waals surface area contributed by atoms with E-state index in [1.54, 1.807) is 0 Å². The molecule has 2 unspecified atom stereocenters. The average molecular weight is 182 g/mol. The first-order chi connectivity index (χ1) is 5.91. The third-order valence-electron chi connectivity index (χ3n) is 4.71. The second-order valence-electron chi connectivity index (χ2n) is 6.00. The van der Waals surface area contributed by atoms with Gasteiger partial charge in [-0.3, -0.25) is 0 Å². The standard InChI is InChI=1S/C13H26/c1-6-13(5)10-11(2)8-7-9-12(13,3)4/h11H,6-10H2,1-5H3. The highest BCUT2D eigenvalue weighted by atomic mass is 14.5. The maximum absolute atomic E-state index is 2.49. The summed E-state index contributed by atoms with van der Waals surface area (Å²) < 4.78 is 0. The van der Waals surface area contributed by atoms with Crippen LogP contribution in [-0.2, 0) is 0 Å². The van der Waals surface area contributed by atoms with Gasteiger partial charge in [-0.15, -0.1) is 0 Å². The highest BCUT2D eigenvalue weighted by Crippen LogP contribution is 2.51. The molecule has 1 aliphatic carbocycles. The van der Waals surface area contributed by atoms with Gasteiger partial charge in [-0.2, -0.15) is 0 Å². The summed E-state index contributed by atoms with van der Waals surface area (Å²) in [5.74, 6) is 0.937. The predicted octanol–water partition coefficient (Wildman–Crippen LogP) is 4.64. The van der Waals surface area contributed by atoms with Crippen molar-refractivity contribution in [2.24, 2.45) is 16.7 Å². The summed E-state index contributed by atoms with van der Waals surface area (Å²) in [6, 6.07) is 0. The zero-order chi connectivity index (χ0) is 10.1. The van der Waals surface area contributed by atoms with Crippen molar-refractivity contribution in [3.63, 3.8) is 0 Å². The fourth-order valence-corrected chi connectivity index (χ4v) is 2.96. The molecule has 1 fully saturated rings. The second kappa shape index (κ2) is 3.63. The second-order valence-corrected chi connectivity index (χ2v) is 6.00. The molecule has 1 saturated carbocycles. The summed E-state index contributed by atoms with van der Waals surface area (Å²) in [5.41, 5.74) is 1.12. The fraction of sp³-hybridized carbons (Fsp3) is 1.00. The van der Waals surface area contributed by atoms with Gasteiger partial charge in [0, 0.05) is 0 Å². The van der Waals surface area contributed by atoms with E-state index in [2.05, 4.69) is 34.6 Å². The highest BCUT2D eigenvalue weighted by molar-refractivity contribution is 4.91. The Kier molecular flexibility index (Phi) is 3.09. The van der Waals surface area contributed by atoms with Crippen LogP contribution in [0.2, 0.25) is 0 Å². The van der Waals surface area contributed by atoms with Gasteiger partial charge in [-0.1, -0.05) is 53.9 Å². The molecule has 1 rings (SSSR count). The van der Waals surface area contributed by atoms with Gasteiger partial charge in [0.2, 0.25) is 0 Å². The predicted molar refractivity (Wildman–Crippen MR) is 59.8 cm³/mol. The van der Waals surface area contributed by atoms with E-state index in [-0.39, 0.29) is 0 Å². The van der Waals surface area contributed by atoms with E-state index in [1.165, 1.54) is 32.1 Å². The van der Waals surface area contributed by atoms with Crippen molar-refractivity contribution in [2.75, 3.05) is 0 Å². The molecule has 0 spiro atoms. The smallest absolute Gasteiger partial charge is 0.0275 e. The summed E-state index contributed by atoms with van der Waals surface area (Å²) in [7, 11) is 0. The molecule has 13 heavy (non-hydrogen) atoms. The van der Waals surface area contributed by atoms with E-state index in [4.69, 9.17) is 0 Å². The Bertz CT molecular complexity index is 169. The molecule has 0 heteroatoms. The minimum Gasteiger partial charge on any atom is -0.0648 e. The van der Waals surface area contributed by atoms with Crippen LogP contribution >= 0.6 is 0 Å². The van der Waals surface area contributed by atoms with Crippen molar-refractivity contribution in [3.8, 4) is 0 Å². The molecule has 0 aromatic rings. The quantitative estimate of drug-likeness (QED) is 0.518. The van der Waals surface area contributed by atoms with Gasteiger partial charge in [0.15, 0.2) is 0 Å². The maximum Gasteiger partial charge on any atom is -0.0275 e. The monoisotopic (exact) mass is 182 g/mol. The topological polar surface area (TPSA) is 0 Å². The van der Waals surface area contributed by atoms with Crippen molar-refractivity contribution >= 4 is 0 Å². The third-order valence-corrected chi connectivity index (χ3v) is 4.71. The number of rotatable bonds is 1. The first-order valence-electron chi connectivity index (χ1n) is 5.91. The van der Waals surface area contributed by atoms with E-state index in [0.29, 0.717) is 10.8 Å². The van der Waals surface area contributed by atoms with Crippen molar-refractivity contribution in [3.05, 3.63) is 0 Å². The van der Waals surface area contributed by atoms with Crippen LogP contribution in [-0.4, -0.2) is 0 Å². The summed E-state index contributed by atoms with van der Waals surface area (Å²) in [6.45, 7) is 12.2. The third kappa shape index (κ3) is 2.08. The highest BCUT2D eigenvalue weighted by Gasteiger charge is 2.41. The van der Waals surface area contributed by atoms with Crippen LogP contribution in [0.5, 0.6) is 0 Å². The lowest BCUT2D eigenvalue weighted by atomic mass is 9.61. The summed E-state index contributed by atoms with van der Waals surface area (Å²) in [6.07, 6.45) is 7.06. The van der Waals surface area contributed by atoms with Crippen LogP contribution in [0.15, 0.2) is 0 Å². The Morgan fingerprint density at radius 1 is 1.23 bits per heavy atom. The van der Waals surface area contributed by atoms with Crippen molar-refractivity contribution in [2.45, 2.75) is 66.7 Å². The first kappa shape index (κ1) is 11.1. The van der Waals surface area contributed by atoms with Gasteiger partial charge in [-0.05, 0) is 29.6 Å². The van der Waals surface area contributed by atoms with Crippen LogP contribution in [0.25, 0.3) is 0 Å². The van der Waals surface area contributed by atoms with Crippen LogP contribution in [0.1, 0.15) is 66.7 Å². The molecule has 1 aliphatic rings.